The van der Waals surface area contributed by atoms with Crippen LogP contribution in [-0.2, 0) is 10.0 Å². The Bertz CT molecular complexity index is 841. The van der Waals surface area contributed by atoms with Crippen LogP contribution in [0.3, 0.4) is 0 Å². The van der Waals surface area contributed by atoms with E-state index in [1.54, 1.807) is 0 Å². The largest absolute Gasteiger partial charge is 0.366 e. The summed E-state index contributed by atoms with van der Waals surface area (Å²) in [6.07, 6.45) is 2.05. The van der Waals surface area contributed by atoms with Gasteiger partial charge in [0.05, 0.1) is 11.9 Å². The fourth-order valence-corrected chi connectivity index (χ4v) is 4.69. The number of piperazine rings is 1. The van der Waals surface area contributed by atoms with Gasteiger partial charge in [-0.15, -0.1) is 0 Å². The molecule has 2 saturated heterocycles. The Morgan fingerprint density at radius 2 is 1.93 bits per heavy atom. The molecular formula is C19H29F2N5O2S. The first-order chi connectivity index (χ1) is 13.8. The third kappa shape index (κ3) is 5.57. The van der Waals surface area contributed by atoms with Gasteiger partial charge in [-0.3, -0.25) is 4.99 Å². The number of benzene rings is 1. The Labute approximate surface area is 171 Å². The number of guanidine groups is 1. The van der Waals surface area contributed by atoms with Crippen LogP contribution >= 0.6 is 0 Å². The average Bonchev–Trinajstić information content (AvgIpc) is 3.17. The van der Waals surface area contributed by atoms with E-state index in [1.165, 1.54) is 16.6 Å². The summed E-state index contributed by atoms with van der Waals surface area (Å²) in [7, 11) is -3.15. The molecule has 2 fully saturated rings. The maximum absolute atomic E-state index is 14.0. The molecule has 1 unspecified atom stereocenters. The third-order valence-electron chi connectivity index (χ3n) is 5.38. The van der Waals surface area contributed by atoms with Crippen molar-refractivity contribution >= 4 is 21.7 Å². The average molecular weight is 430 g/mol. The molecule has 0 radical (unpaired) electrons. The number of aliphatic imine (C=N–C) groups is 1. The predicted molar refractivity (Wildman–Crippen MR) is 111 cm³/mol. The highest BCUT2D eigenvalue weighted by Gasteiger charge is 2.29. The van der Waals surface area contributed by atoms with Gasteiger partial charge in [0, 0.05) is 58.4 Å². The van der Waals surface area contributed by atoms with Crippen molar-refractivity contribution in [2.24, 2.45) is 10.9 Å². The van der Waals surface area contributed by atoms with Crippen LogP contribution in [0.25, 0.3) is 0 Å². The van der Waals surface area contributed by atoms with Crippen molar-refractivity contribution in [1.82, 2.24) is 14.5 Å². The number of hydrogen-bond acceptors (Lipinski definition) is 4. The van der Waals surface area contributed by atoms with Crippen LogP contribution in [0.4, 0.5) is 14.5 Å². The zero-order valence-electron chi connectivity index (χ0n) is 16.9. The highest BCUT2D eigenvalue weighted by Crippen LogP contribution is 2.22. The molecule has 3 rings (SSSR count). The van der Waals surface area contributed by atoms with Gasteiger partial charge in [0.15, 0.2) is 5.96 Å². The van der Waals surface area contributed by atoms with Crippen molar-refractivity contribution in [3.8, 4) is 0 Å². The topological polar surface area (TPSA) is 68.2 Å². The van der Waals surface area contributed by atoms with Gasteiger partial charge in [-0.25, -0.2) is 21.5 Å². The molecule has 29 heavy (non-hydrogen) atoms. The van der Waals surface area contributed by atoms with Gasteiger partial charge in [-0.1, -0.05) is 0 Å². The summed E-state index contributed by atoms with van der Waals surface area (Å²) in [4.78, 5) is 8.68. The number of hydrogen-bond donors (Lipinski definition) is 1. The zero-order chi connectivity index (χ0) is 21.0. The minimum absolute atomic E-state index is 0.209. The van der Waals surface area contributed by atoms with Crippen LogP contribution in [0.15, 0.2) is 23.2 Å². The van der Waals surface area contributed by atoms with E-state index in [2.05, 4.69) is 10.2 Å². The first-order valence-electron chi connectivity index (χ1n) is 9.96. The predicted octanol–water partition coefficient (Wildman–Crippen LogP) is 1.33. The fraction of sp³-hybridized carbons (Fsp3) is 0.632. The van der Waals surface area contributed by atoms with E-state index < -0.39 is 21.7 Å². The molecule has 2 heterocycles. The van der Waals surface area contributed by atoms with E-state index in [9.17, 15) is 17.2 Å². The summed E-state index contributed by atoms with van der Waals surface area (Å²) in [5, 5.41) is 3.28. The van der Waals surface area contributed by atoms with Gasteiger partial charge in [-0.05, 0) is 31.4 Å². The number of nitrogens with one attached hydrogen (secondary N) is 1. The molecule has 1 N–H and O–H groups in total. The van der Waals surface area contributed by atoms with Crippen molar-refractivity contribution in [2.45, 2.75) is 13.3 Å². The molecule has 0 aromatic heterocycles. The van der Waals surface area contributed by atoms with Crippen molar-refractivity contribution in [3.05, 3.63) is 29.8 Å². The quantitative estimate of drug-likeness (QED) is 0.565. The molecule has 2 aliphatic rings. The first kappa shape index (κ1) is 21.8. The number of nitrogens with zero attached hydrogens (tertiary/aromatic N) is 4. The lowest BCUT2D eigenvalue weighted by Crippen LogP contribution is -2.52. The first-order valence-corrected chi connectivity index (χ1v) is 11.8. The molecule has 1 atom stereocenters. The summed E-state index contributed by atoms with van der Waals surface area (Å²) in [6, 6.07) is 3.51. The van der Waals surface area contributed by atoms with Gasteiger partial charge in [-0.2, -0.15) is 0 Å². The standard InChI is InChI=1S/C19H29F2N5O2S/c1-3-22-19(23-13-15-6-7-26(14-15)29(2,27)28)25-10-8-24(9-11-25)18-12-16(20)4-5-17(18)21/h4-5,12,15H,3,6-11,13-14H2,1-2H3,(H,22,23). The second-order valence-electron chi connectivity index (χ2n) is 7.54. The SMILES string of the molecule is CCNC(=NCC1CCN(S(C)(=O)=O)C1)N1CCN(c2cc(F)ccc2F)CC1. The van der Waals surface area contributed by atoms with Crippen molar-refractivity contribution in [1.29, 1.82) is 0 Å². The number of halogens is 2. The number of rotatable bonds is 5. The maximum atomic E-state index is 14.0. The Hall–Kier alpha value is -1.94. The molecule has 0 amide bonds. The van der Waals surface area contributed by atoms with Crippen LogP contribution in [0.2, 0.25) is 0 Å². The second-order valence-corrected chi connectivity index (χ2v) is 9.52. The Morgan fingerprint density at radius 1 is 1.21 bits per heavy atom. The molecule has 10 heteroatoms. The highest BCUT2D eigenvalue weighted by atomic mass is 32.2. The summed E-state index contributed by atoms with van der Waals surface area (Å²) in [5.74, 6) is 0.126. The lowest BCUT2D eigenvalue weighted by molar-refractivity contribution is 0.369. The maximum Gasteiger partial charge on any atom is 0.211 e. The molecule has 7 nitrogen and oxygen atoms in total. The van der Waals surface area contributed by atoms with Crippen molar-refractivity contribution in [2.75, 3.05) is 63.5 Å². The van der Waals surface area contributed by atoms with E-state index in [-0.39, 0.29) is 5.92 Å². The van der Waals surface area contributed by atoms with E-state index in [0.29, 0.717) is 51.5 Å². The molecule has 162 valence electrons. The summed E-state index contributed by atoms with van der Waals surface area (Å²) in [6.45, 7) is 6.75. The minimum Gasteiger partial charge on any atom is -0.366 e. The van der Waals surface area contributed by atoms with Gasteiger partial charge in [0.25, 0.3) is 0 Å². The summed E-state index contributed by atoms with van der Waals surface area (Å²) >= 11 is 0. The lowest BCUT2D eigenvalue weighted by Gasteiger charge is -2.37. The number of sulfonamides is 1. The molecule has 0 aliphatic carbocycles. The molecule has 0 bridgehead atoms. The zero-order valence-corrected chi connectivity index (χ0v) is 17.8. The van der Waals surface area contributed by atoms with Gasteiger partial charge in [0.2, 0.25) is 10.0 Å². The lowest BCUT2D eigenvalue weighted by atomic mass is 10.1. The van der Waals surface area contributed by atoms with Crippen LogP contribution < -0.4 is 10.2 Å². The minimum atomic E-state index is -3.15. The molecule has 0 saturated carbocycles. The molecule has 2 aliphatic heterocycles. The monoisotopic (exact) mass is 429 g/mol. The van der Waals surface area contributed by atoms with Gasteiger partial charge >= 0.3 is 0 Å². The Morgan fingerprint density at radius 3 is 2.55 bits per heavy atom. The van der Waals surface area contributed by atoms with E-state index in [0.717, 1.165) is 31.1 Å². The van der Waals surface area contributed by atoms with E-state index >= 15 is 0 Å². The van der Waals surface area contributed by atoms with Gasteiger partial charge in [0.1, 0.15) is 11.6 Å². The summed E-state index contributed by atoms with van der Waals surface area (Å²) < 4.78 is 52.4. The van der Waals surface area contributed by atoms with E-state index in [4.69, 9.17) is 4.99 Å². The fourth-order valence-electron chi connectivity index (χ4n) is 3.78. The van der Waals surface area contributed by atoms with Crippen LogP contribution in [0, 0.1) is 17.6 Å². The van der Waals surface area contributed by atoms with Crippen molar-refractivity contribution in [3.63, 3.8) is 0 Å². The van der Waals surface area contributed by atoms with Crippen LogP contribution in [-0.4, -0.2) is 82.2 Å². The smallest absolute Gasteiger partial charge is 0.211 e. The van der Waals surface area contributed by atoms with Gasteiger partial charge < -0.3 is 15.1 Å². The molecule has 0 spiro atoms. The van der Waals surface area contributed by atoms with Crippen molar-refractivity contribution < 1.29 is 17.2 Å². The third-order valence-corrected chi connectivity index (χ3v) is 6.65. The van der Waals surface area contributed by atoms with Crippen LogP contribution in [0.5, 0.6) is 0 Å². The number of anilines is 1. The normalized spacial score (nSPS) is 21.7. The second kappa shape index (κ2) is 9.25. The Balaban J connectivity index is 1.59. The Kier molecular flexibility index (Phi) is 6.94. The molecular weight excluding hydrogens is 400 g/mol. The molecule has 1 aromatic rings. The van der Waals surface area contributed by atoms with Crippen LogP contribution in [0.1, 0.15) is 13.3 Å². The summed E-state index contributed by atoms with van der Waals surface area (Å²) in [5.41, 5.74) is 0.290. The molecule has 1 aromatic carbocycles. The van der Waals surface area contributed by atoms with E-state index in [1.807, 2.05) is 11.8 Å². The highest BCUT2D eigenvalue weighted by molar-refractivity contribution is 7.88.